The number of hydrogen-bond donors (Lipinski definition) is 2. The Hall–Kier alpha value is -1.22. The van der Waals surface area contributed by atoms with E-state index < -0.39 is 26.2 Å². The van der Waals surface area contributed by atoms with Gasteiger partial charge in [0, 0.05) is 18.2 Å². The summed E-state index contributed by atoms with van der Waals surface area (Å²) in [4.78, 5) is 10.2. The van der Waals surface area contributed by atoms with Gasteiger partial charge in [0.25, 0.3) is 5.69 Å². The summed E-state index contributed by atoms with van der Waals surface area (Å²) in [6.45, 7) is 3.53. The SMILES string of the molecule is Cc1cc([N+](=O)[O-])c(S(=O)(=O)NCC2(N)CCCCC2)cc1C.Cl. The second kappa shape index (κ2) is 7.77. The largest absolute Gasteiger partial charge is 0.324 e. The van der Waals surface area contributed by atoms with Gasteiger partial charge in [-0.2, -0.15) is 0 Å². The Morgan fingerprint density at radius 3 is 2.29 bits per heavy atom. The molecule has 0 unspecified atom stereocenters. The number of aryl methyl sites for hydroxylation is 2. The molecule has 0 radical (unpaired) electrons. The molecule has 1 aliphatic carbocycles. The molecule has 7 nitrogen and oxygen atoms in total. The maximum absolute atomic E-state index is 12.5. The first-order chi connectivity index (χ1) is 10.6. The average Bonchev–Trinajstić information content (AvgIpc) is 2.48. The summed E-state index contributed by atoms with van der Waals surface area (Å²) in [6.07, 6.45) is 4.56. The van der Waals surface area contributed by atoms with E-state index in [9.17, 15) is 18.5 Å². The highest BCUT2D eigenvalue weighted by Crippen LogP contribution is 2.29. The molecule has 0 bridgehead atoms. The summed E-state index contributed by atoms with van der Waals surface area (Å²) in [5, 5.41) is 11.2. The fourth-order valence-electron chi connectivity index (χ4n) is 2.88. The van der Waals surface area contributed by atoms with E-state index in [0.29, 0.717) is 11.1 Å². The molecule has 0 amide bonds. The summed E-state index contributed by atoms with van der Waals surface area (Å²) in [5.41, 5.74) is 6.63. The first kappa shape index (κ1) is 20.8. The maximum Gasteiger partial charge on any atom is 0.289 e. The summed E-state index contributed by atoms with van der Waals surface area (Å²) in [5.74, 6) is 0. The molecular formula is C15H24ClN3O4S. The number of benzene rings is 1. The number of nitro groups is 1. The number of nitrogens with one attached hydrogen (secondary N) is 1. The Morgan fingerprint density at radius 2 is 1.75 bits per heavy atom. The lowest BCUT2D eigenvalue weighted by Gasteiger charge is -2.33. The molecule has 9 heteroatoms. The Labute approximate surface area is 148 Å². The van der Waals surface area contributed by atoms with Gasteiger partial charge in [-0.1, -0.05) is 19.3 Å². The van der Waals surface area contributed by atoms with Crippen molar-refractivity contribution in [1.29, 1.82) is 0 Å². The predicted octanol–water partition coefficient (Wildman–Crippen LogP) is 2.57. The Balaban J connectivity index is 0.00000288. The second-order valence-electron chi connectivity index (χ2n) is 6.41. The van der Waals surface area contributed by atoms with Gasteiger partial charge in [0.2, 0.25) is 10.0 Å². The first-order valence-corrected chi connectivity index (χ1v) is 9.17. The van der Waals surface area contributed by atoms with E-state index >= 15 is 0 Å². The lowest BCUT2D eigenvalue weighted by molar-refractivity contribution is -0.387. The van der Waals surface area contributed by atoms with Gasteiger partial charge < -0.3 is 5.73 Å². The van der Waals surface area contributed by atoms with Crippen molar-refractivity contribution >= 4 is 28.1 Å². The van der Waals surface area contributed by atoms with Crippen molar-refractivity contribution in [3.63, 3.8) is 0 Å². The van der Waals surface area contributed by atoms with Crippen molar-refractivity contribution in [1.82, 2.24) is 4.72 Å². The molecule has 3 N–H and O–H groups in total. The van der Waals surface area contributed by atoms with Crippen LogP contribution < -0.4 is 10.5 Å². The zero-order valence-corrected chi connectivity index (χ0v) is 15.5. The Bertz CT molecular complexity index is 716. The normalized spacial score (nSPS) is 17.1. The molecule has 0 spiro atoms. The highest BCUT2D eigenvalue weighted by molar-refractivity contribution is 7.89. The van der Waals surface area contributed by atoms with Gasteiger partial charge in [-0.15, -0.1) is 12.4 Å². The van der Waals surface area contributed by atoms with Crippen LogP contribution in [0.4, 0.5) is 5.69 Å². The molecule has 1 fully saturated rings. The maximum atomic E-state index is 12.5. The number of nitrogens with two attached hydrogens (primary N) is 1. The molecule has 1 aliphatic rings. The molecule has 24 heavy (non-hydrogen) atoms. The smallest absolute Gasteiger partial charge is 0.289 e. The number of halogens is 1. The van der Waals surface area contributed by atoms with Crippen LogP contribution in [0.25, 0.3) is 0 Å². The van der Waals surface area contributed by atoms with Crippen LogP contribution in [0.2, 0.25) is 0 Å². The van der Waals surface area contributed by atoms with Crippen LogP contribution in [0.1, 0.15) is 43.2 Å². The monoisotopic (exact) mass is 377 g/mol. The minimum absolute atomic E-state index is 0. The lowest BCUT2D eigenvalue weighted by Crippen LogP contribution is -2.51. The minimum Gasteiger partial charge on any atom is -0.324 e. The van der Waals surface area contributed by atoms with Crippen molar-refractivity contribution in [2.24, 2.45) is 5.73 Å². The summed E-state index contributed by atoms with van der Waals surface area (Å²) >= 11 is 0. The second-order valence-corrected chi connectivity index (χ2v) is 8.14. The van der Waals surface area contributed by atoms with Gasteiger partial charge in [0.15, 0.2) is 4.90 Å². The number of rotatable bonds is 5. The van der Waals surface area contributed by atoms with Crippen molar-refractivity contribution in [3.05, 3.63) is 33.4 Å². The highest BCUT2D eigenvalue weighted by Gasteiger charge is 2.32. The van der Waals surface area contributed by atoms with Gasteiger partial charge >= 0.3 is 0 Å². The molecule has 0 saturated heterocycles. The van der Waals surface area contributed by atoms with Gasteiger partial charge in [-0.05, 0) is 43.9 Å². The van der Waals surface area contributed by atoms with E-state index in [-0.39, 0.29) is 23.8 Å². The predicted molar refractivity (Wildman–Crippen MR) is 95.0 cm³/mol. The quantitative estimate of drug-likeness (QED) is 0.604. The lowest BCUT2D eigenvalue weighted by atomic mass is 9.83. The molecule has 0 atom stereocenters. The molecule has 136 valence electrons. The van der Waals surface area contributed by atoms with Crippen molar-refractivity contribution in [3.8, 4) is 0 Å². The summed E-state index contributed by atoms with van der Waals surface area (Å²) in [6, 6.07) is 2.64. The van der Waals surface area contributed by atoms with Crippen LogP contribution in [0, 0.1) is 24.0 Å². The minimum atomic E-state index is -3.98. The van der Waals surface area contributed by atoms with E-state index in [1.165, 1.54) is 12.1 Å². The fourth-order valence-corrected chi connectivity index (χ4v) is 4.26. The van der Waals surface area contributed by atoms with E-state index in [4.69, 9.17) is 5.73 Å². The number of sulfonamides is 1. The molecule has 0 aliphatic heterocycles. The average molecular weight is 378 g/mol. The molecule has 0 aromatic heterocycles. The van der Waals surface area contributed by atoms with E-state index in [0.717, 1.165) is 32.1 Å². The van der Waals surface area contributed by atoms with Crippen LogP contribution in [0.15, 0.2) is 17.0 Å². The van der Waals surface area contributed by atoms with E-state index in [1.54, 1.807) is 13.8 Å². The molecule has 1 aromatic rings. The third-order valence-corrected chi connectivity index (χ3v) is 5.96. The zero-order chi connectivity index (χ0) is 17.3. The number of hydrogen-bond acceptors (Lipinski definition) is 5. The summed E-state index contributed by atoms with van der Waals surface area (Å²) in [7, 11) is -3.98. The molecule has 2 rings (SSSR count). The zero-order valence-electron chi connectivity index (χ0n) is 13.9. The number of nitro benzene ring substituents is 1. The third-order valence-electron chi connectivity index (χ3n) is 4.53. The van der Waals surface area contributed by atoms with E-state index in [1.807, 2.05) is 0 Å². The fraction of sp³-hybridized carbons (Fsp3) is 0.600. The van der Waals surface area contributed by atoms with Crippen molar-refractivity contribution in [2.75, 3.05) is 6.54 Å². The topological polar surface area (TPSA) is 115 Å². The molecule has 0 heterocycles. The summed E-state index contributed by atoms with van der Waals surface area (Å²) < 4.78 is 27.5. The van der Waals surface area contributed by atoms with Crippen LogP contribution in [0.5, 0.6) is 0 Å². The van der Waals surface area contributed by atoms with Gasteiger partial charge in [-0.25, -0.2) is 13.1 Å². The van der Waals surface area contributed by atoms with Crippen LogP contribution in [0.3, 0.4) is 0 Å². The highest BCUT2D eigenvalue weighted by atomic mass is 35.5. The van der Waals surface area contributed by atoms with E-state index in [2.05, 4.69) is 4.72 Å². The standard InChI is InChI=1S/C15H23N3O4S.ClH/c1-11-8-13(18(19)20)14(9-12(11)2)23(21,22)17-10-15(16)6-4-3-5-7-15;/h8-9,17H,3-7,10,16H2,1-2H3;1H. The van der Waals surface area contributed by atoms with Gasteiger partial charge in [0.1, 0.15) is 0 Å². The van der Waals surface area contributed by atoms with Crippen molar-refractivity contribution in [2.45, 2.75) is 56.4 Å². The molecule has 1 aromatic carbocycles. The van der Waals surface area contributed by atoms with Crippen LogP contribution in [-0.2, 0) is 10.0 Å². The van der Waals surface area contributed by atoms with Crippen LogP contribution in [-0.4, -0.2) is 25.4 Å². The number of nitrogens with zero attached hydrogens (tertiary/aromatic N) is 1. The molecule has 1 saturated carbocycles. The third kappa shape index (κ3) is 4.66. The Kier molecular flexibility index (Phi) is 6.75. The van der Waals surface area contributed by atoms with Crippen molar-refractivity contribution < 1.29 is 13.3 Å². The first-order valence-electron chi connectivity index (χ1n) is 7.69. The van der Waals surface area contributed by atoms with Crippen LogP contribution >= 0.6 is 12.4 Å². The Morgan fingerprint density at radius 1 is 1.21 bits per heavy atom. The van der Waals surface area contributed by atoms with Gasteiger partial charge in [-0.3, -0.25) is 10.1 Å². The van der Waals surface area contributed by atoms with Gasteiger partial charge in [0.05, 0.1) is 4.92 Å². The molecular weight excluding hydrogens is 354 g/mol.